The summed E-state index contributed by atoms with van der Waals surface area (Å²) >= 11 is 0. The third kappa shape index (κ3) is 2.86. The fourth-order valence-corrected chi connectivity index (χ4v) is 2.33. The van der Waals surface area contributed by atoms with Crippen LogP contribution in [0.5, 0.6) is 0 Å². The van der Waals surface area contributed by atoms with Crippen LogP contribution in [0.1, 0.15) is 70.1 Å². The first-order valence-electron chi connectivity index (χ1n) is 6.81. The van der Waals surface area contributed by atoms with E-state index in [1.165, 1.54) is 12.8 Å². The molecular weight excluding hydrogens is 214 g/mol. The quantitative estimate of drug-likeness (QED) is 0.874. The summed E-state index contributed by atoms with van der Waals surface area (Å²) in [6.07, 6.45) is 4.68. The van der Waals surface area contributed by atoms with Crippen molar-refractivity contribution < 1.29 is 4.52 Å². The lowest BCUT2D eigenvalue weighted by Crippen LogP contribution is -2.31. The fourth-order valence-electron chi connectivity index (χ4n) is 2.33. The monoisotopic (exact) mass is 237 g/mol. The number of hydrogen-bond donors (Lipinski definition) is 1. The highest BCUT2D eigenvalue weighted by atomic mass is 16.5. The van der Waals surface area contributed by atoms with Crippen LogP contribution in [0.25, 0.3) is 0 Å². The first-order valence-corrected chi connectivity index (χ1v) is 6.81. The molecule has 96 valence electrons. The number of aromatic nitrogens is 2. The van der Waals surface area contributed by atoms with Crippen LogP contribution in [0.3, 0.4) is 0 Å². The minimum absolute atomic E-state index is 0.263. The topological polar surface area (TPSA) is 51.0 Å². The van der Waals surface area contributed by atoms with Crippen LogP contribution < -0.4 is 5.32 Å². The zero-order valence-electron chi connectivity index (χ0n) is 11.1. The van der Waals surface area contributed by atoms with Gasteiger partial charge in [0.1, 0.15) is 0 Å². The number of nitrogens with one attached hydrogen (secondary N) is 1. The molecule has 1 aromatic heterocycles. The maximum atomic E-state index is 5.40. The predicted molar refractivity (Wildman–Crippen MR) is 66.8 cm³/mol. The molecule has 1 aliphatic heterocycles. The predicted octanol–water partition coefficient (Wildman–Crippen LogP) is 3.03. The van der Waals surface area contributed by atoms with Crippen molar-refractivity contribution in [3.63, 3.8) is 0 Å². The average Bonchev–Trinajstić information content (AvgIpc) is 2.87. The summed E-state index contributed by atoms with van der Waals surface area (Å²) < 4.78 is 5.40. The van der Waals surface area contributed by atoms with Crippen molar-refractivity contribution in [1.29, 1.82) is 0 Å². The highest BCUT2D eigenvalue weighted by Gasteiger charge is 2.26. The molecule has 0 bridgehead atoms. The molecule has 0 amide bonds. The number of piperidine rings is 1. The third-order valence-corrected chi connectivity index (χ3v) is 3.90. The molecule has 3 atom stereocenters. The van der Waals surface area contributed by atoms with Gasteiger partial charge in [0.15, 0.2) is 5.82 Å². The number of hydrogen-bond acceptors (Lipinski definition) is 4. The van der Waals surface area contributed by atoms with Crippen molar-refractivity contribution in [2.45, 2.75) is 58.4 Å². The molecule has 1 aliphatic rings. The van der Waals surface area contributed by atoms with Gasteiger partial charge in [-0.15, -0.1) is 0 Å². The van der Waals surface area contributed by atoms with Gasteiger partial charge in [-0.1, -0.05) is 32.3 Å². The fraction of sp³-hybridized carbons (Fsp3) is 0.846. The normalized spacial score (nSPS) is 27.0. The molecule has 2 rings (SSSR count). The Hall–Kier alpha value is -0.900. The molecule has 1 aromatic rings. The summed E-state index contributed by atoms with van der Waals surface area (Å²) in [5.74, 6) is 2.81. The van der Waals surface area contributed by atoms with E-state index in [1.54, 1.807) is 0 Å². The maximum absolute atomic E-state index is 5.40. The SMILES string of the molecule is CCC1CCNC(c2nc(C(C)CC)no2)C1. The summed E-state index contributed by atoms with van der Waals surface area (Å²) in [4.78, 5) is 4.53. The molecule has 0 aliphatic carbocycles. The van der Waals surface area contributed by atoms with E-state index >= 15 is 0 Å². The zero-order chi connectivity index (χ0) is 12.3. The molecule has 17 heavy (non-hydrogen) atoms. The number of rotatable bonds is 4. The minimum atomic E-state index is 0.263. The maximum Gasteiger partial charge on any atom is 0.243 e. The second kappa shape index (κ2) is 5.63. The molecule has 0 radical (unpaired) electrons. The Kier molecular flexibility index (Phi) is 4.15. The second-order valence-corrected chi connectivity index (χ2v) is 5.11. The summed E-state index contributed by atoms with van der Waals surface area (Å²) in [5.41, 5.74) is 0. The largest absolute Gasteiger partial charge is 0.338 e. The van der Waals surface area contributed by atoms with E-state index in [4.69, 9.17) is 4.52 Å². The molecule has 3 unspecified atom stereocenters. The first-order chi connectivity index (χ1) is 8.24. The molecule has 4 heteroatoms. The van der Waals surface area contributed by atoms with E-state index in [1.807, 2.05) is 0 Å². The summed E-state index contributed by atoms with van der Waals surface area (Å²) in [6.45, 7) is 7.60. The van der Waals surface area contributed by atoms with Crippen LogP contribution in [-0.2, 0) is 0 Å². The lowest BCUT2D eigenvalue weighted by atomic mass is 9.90. The van der Waals surface area contributed by atoms with Gasteiger partial charge in [-0.05, 0) is 31.7 Å². The average molecular weight is 237 g/mol. The minimum Gasteiger partial charge on any atom is -0.338 e. The summed E-state index contributed by atoms with van der Waals surface area (Å²) in [7, 11) is 0. The van der Waals surface area contributed by atoms with Gasteiger partial charge in [-0.2, -0.15) is 4.98 Å². The highest BCUT2D eigenvalue weighted by molar-refractivity contribution is 4.98. The molecule has 0 spiro atoms. The van der Waals surface area contributed by atoms with E-state index in [0.29, 0.717) is 5.92 Å². The van der Waals surface area contributed by atoms with Crippen LogP contribution in [0, 0.1) is 5.92 Å². The zero-order valence-corrected chi connectivity index (χ0v) is 11.1. The molecule has 0 aromatic carbocycles. The molecule has 4 nitrogen and oxygen atoms in total. The molecular formula is C13H23N3O. The summed E-state index contributed by atoms with van der Waals surface area (Å²) in [6, 6.07) is 0.263. The van der Waals surface area contributed by atoms with Crippen molar-refractivity contribution in [1.82, 2.24) is 15.5 Å². The molecule has 1 saturated heterocycles. The van der Waals surface area contributed by atoms with Gasteiger partial charge in [0, 0.05) is 5.92 Å². The van der Waals surface area contributed by atoms with Gasteiger partial charge in [0.05, 0.1) is 6.04 Å². The van der Waals surface area contributed by atoms with Crippen molar-refractivity contribution in [2.75, 3.05) is 6.54 Å². The Morgan fingerprint density at radius 3 is 3.00 bits per heavy atom. The molecule has 2 heterocycles. The molecule has 0 saturated carbocycles. The summed E-state index contributed by atoms with van der Waals surface area (Å²) in [5, 5.41) is 7.56. The van der Waals surface area contributed by atoms with Crippen molar-refractivity contribution >= 4 is 0 Å². The Labute approximate surface area is 103 Å². The van der Waals surface area contributed by atoms with Crippen LogP contribution in [0.15, 0.2) is 4.52 Å². The van der Waals surface area contributed by atoms with Gasteiger partial charge in [0.25, 0.3) is 0 Å². The smallest absolute Gasteiger partial charge is 0.243 e. The van der Waals surface area contributed by atoms with E-state index in [2.05, 4.69) is 36.2 Å². The Bertz CT molecular complexity index is 350. The van der Waals surface area contributed by atoms with Crippen LogP contribution in [-0.4, -0.2) is 16.7 Å². The van der Waals surface area contributed by atoms with Gasteiger partial charge in [-0.25, -0.2) is 0 Å². The van der Waals surface area contributed by atoms with Gasteiger partial charge in [0.2, 0.25) is 5.89 Å². The van der Waals surface area contributed by atoms with Gasteiger partial charge >= 0.3 is 0 Å². The van der Waals surface area contributed by atoms with Crippen molar-refractivity contribution in [3.8, 4) is 0 Å². The van der Waals surface area contributed by atoms with E-state index < -0.39 is 0 Å². The number of nitrogens with zero attached hydrogens (tertiary/aromatic N) is 2. The van der Waals surface area contributed by atoms with E-state index in [9.17, 15) is 0 Å². The molecule has 1 N–H and O–H groups in total. The second-order valence-electron chi connectivity index (χ2n) is 5.11. The van der Waals surface area contributed by atoms with Gasteiger partial charge < -0.3 is 9.84 Å². The lowest BCUT2D eigenvalue weighted by molar-refractivity contribution is 0.245. The van der Waals surface area contributed by atoms with Crippen molar-refractivity contribution in [2.24, 2.45) is 5.92 Å². The first kappa shape index (κ1) is 12.6. The third-order valence-electron chi connectivity index (χ3n) is 3.90. The Morgan fingerprint density at radius 1 is 1.47 bits per heavy atom. The van der Waals surface area contributed by atoms with Crippen LogP contribution in [0.2, 0.25) is 0 Å². The Balaban J connectivity index is 2.04. The van der Waals surface area contributed by atoms with Crippen LogP contribution in [0.4, 0.5) is 0 Å². The highest BCUT2D eigenvalue weighted by Crippen LogP contribution is 2.28. The Morgan fingerprint density at radius 2 is 2.29 bits per heavy atom. The van der Waals surface area contributed by atoms with E-state index in [0.717, 1.165) is 37.0 Å². The molecule has 1 fully saturated rings. The standard InChI is InChI=1S/C13H23N3O/c1-4-9(3)12-15-13(17-16-12)11-8-10(5-2)6-7-14-11/h9-11,14H,4-8H2,1-3H3. The van der Waals surface area contributed by atoms with Crippen molar-refractivity contribution in [3.05, 3.63) is 11.7 Å². The van der Waals surface area contributed by atoms with Gasteiger partial charge in [-0.3, -0.25) is 0 Å². The van der Waals surface area contributed by atoms with E-state index in [-0.39, 0.29) is 6.04 Å². The van der Waals surface area contributed by atoms with Crippen LogP contribution >= 0.6 is 0 Å². The lowest BCUT2D eigenvalue weighted by Gasteiger charge is -2.27.